The minimum Gasteiger partial charge on any atom is -0.351 e. The summed E-state index contributed by atoms with van der Waals surface area (Å²) in [5, 5.41) is 7.64. The van der Waals surface area contributed by atoms with E-state index < -0.39 is 0 Å². The van der Waals surface area contributed by atoms with Gasteiger partial charge in [0.05, 0.1) is 16.7 Å². The number of benzene rings is 1. The topological polar surface area (TPSA) is 47.7 Å². The number of rotatable bonds is 4. The molecule has 0 aliphatic heterocycles. The van der Waals surface area contributed by atoms with Crippen LogP contribution in [0.15, 0.2) is 24.4 Å². The predicted octanol–water partition coefficient (Wildman–Crippen LogP) is 2.85. The Morgan fingerprint density at radius 1 is 1.33 bits per heavy atom. The maximum atomic E-state index is 13.3. The van der Waals surface area contributed by atoms with Gasteiger partial charge in [-0.3, -0.25) is 4.68 Å². The zero-order chi connectivity index (χ0) is 15.0. The molecular formula is C15H18FN5. The van der Waals surface area contributed by atoms with Gasteiger partial charge in [-0.05, 0) is 26.0 Å². The lowest BCUT2D eigenvalue weighted by Gasteiger charge is -2.08. The summed E-state index contributed by atoms with van der Waals surface area (Å²) in [6.07, 6.45) is 1.99. The lowest BCUT2D eigenvalue weighted by Crippen LogP contribution is -2.07. The Morgan fingerprint density at radius 2 is 2.14 bits per heavy atom. The van der Waals surface area contributed by atoms with Crippen LogP contribution in [0.25, 0.3) is 11.0 Å². The van der Waals surface area contributed by atoms with Crippen molar-refractivity contribution in [1.82, 2.24) is 19.3 Å². The molecule has 0 amide bonds. The quantitative estimate of drug-likeness (QED) is 0.802. The van der Waals surface area contributed by atoms with E-state index >= 15 is 0 Å². The van der Waals surface area contributed by atoms with Gasteiger partial charge >= 0.3 is 0 Å². The van der Waals surface area contributed by atoms with Crippen LogP contribution in [-0.4, -0.2) is 19.3 Å². The first kappa shape index (κ1) is 13.6. The maximum absolute atomic E-state index is 13.3. The molecule has 0 unspecified atom stereocenters. The molecule has 3 rings (SSSR count). The molecule has 0 saturated heterocycles. The summed E-state index contributed by atoms with van der Waals surface area (Å²) in [5.74, 6) is 0.485. The molecule has 0 radical (unpaired) electrons. The summed E-state index contributed by atoms with van der Waals surface area (Å²) >= 11 is 0. The number of anilines is 1. The Balaban J connectivity index is 1.91. The molecule has 3 aromatic rings. The maximum Gasteiger partial charge on any atom is 0.204 e. The number of hydrogen-bond donors (Lipinski definition) is 1. The number of imidazole rings is 1. The molecule has 1 aromatic carbocycles. The Morgan fingerprint density at radius 3 is 2.81 bits per heavy atom. The molecule has 110 valence electrons. The van der Waals surface area contributed by atoms with Crippen LogP contribution < -0.4 is 5.32 Å². The predicted molar refractivity (Wildman–Crippen MR) is 80.6 cm³/mol. The number of fused-ring (bicyclic) bond motifs is 1. The third-order valence-electron chi connectivity index (χ3n) is 3.58. The van der Waals surface area contributed by atoms with Gasteiger partial charge in [-0.1, -0.05) is 0 Å². The van der Waals surface area contributed by atoms with Gasteiger partial charge in [0, 0.05) is 38.0 Å². The first-order valence-electron chi connectivity index (χ1n) is 6.97. The molecule has 0 spiro atoms. The van der Waals surface area contributed by atoms with E-state index in [-0.39, 0.29) is 5.82 Å². The van der Waals surface area contributed by atoms with E-state index in [0.29, 0.717) is 12.1 Å². The molecule has 2 heterocycles. The van der Waals surface area contributed by atoms with Gasteiger partial charge in [-0.25, -0.2) is 9.37 Å². The molecule has 6 heteroatoms. The zero-order valence-electron chi connectivity index (χ0n) is 12.4. The van der Waals surface area contributed by atoms with Gasteiger partial charge in [0.1, 0.15) is 5.82 Å². The van der Waals surface area contributed by atoms with Crippen LogP contribution in [0.2, 0.25) is 0 Å². The fourth-order valence-electron chi connectivity index (χ4n) is 2.55. The lowest BCUT2D eigenvalue weighted by atomic mass is 10.3. The number of hydrogen-bond acceptors (Lipinski definition) is 3. The van der Waals surface area contributed by atoms with E-state index in [1.54, 1.807) is 10.7 Å². The minimum absolute atomic E-state index is 0.266. The largest absolute Gasteiger partial charge is 0.351 e. The average molecular weight is 287 g/mol. The third-order valence-corrected chi connectivity index (χ3v) is 3.58. The van der Waals surface area contributed by atoms with Crippen molar-refractivity contribution in [2.75, 3.05) is 5.32 Å². The first-order valence-corrected chi connectivity index (χ1v) is 6.97. The highest BCUT2D eigenvalue weighted by atomic mass is 19.1. The van der Waals surface area contributed by atoms with E-state index in [0.717, 1.165) is 29.3 Å². The molecule has 0 aliphatic rings. The van der Waals surface area contributed by atoms with Crippen LogP contribution in [0.5, 0.6) is 0 Å². The van der Waals surface area contributed by atoms with Crippen LogP contribution in [0, 0.1) is 12.7 Å². The third kappa shape index (κ3) is 2.49. The highest BCUT2D eigenvalue weighted by molar-refractivity contribution is 5.78. The fourth-order valence-corrected chi connectivity index (χ4v) is 2.55. The summed E-state index contributed by atoms with van der Waals surface area (Å²) in [5.41, 5.74) is 3.72. The van der Waals surface area contributed by atoms with Crippen molar-refractivity contribution in [2.24, 2.45) is 7.05 Å². The van der Waals surface area contributed by atoms with Crippen LogP contribution in [0.3, 0.4) is 0 Å². The number of nitrogens with one attached hydrogen (secondary N) is 1. The smallest absolute Gasteiger partial charge is 0.204 e. The Kier molecular flexibility index (Phi) is 3.37. The summed E-state index contributed by atoms with van der Waals surface area (Å²) in [7, 11) is 1.90. The fraction of sp³-hybridized carbons (Fsp3) is 0.333. The van der Waals surface area contributed by atoms with Crippen LogP contribution in [0.4, 0.5) is 10.3 Å². The molecule has 21 heavy (non-hydrogen) atoms. The van der Waals surface area contributed by atoms with Gasteiger partial charge in [0.15, 0.2) is 0 Å². The lowest BCUT2D eigenvalue weighted by molar-refractivity contribution is 0.629. The molecule has 0 atom stereocenters. The molecular weight excluding hydrogens is 269 g/mol. The summed E-state index contributed by atoms with van der Waals surface area (Å²) in [6.45, 7) is 5.45. The summed E-state index contributed by atoms with van der Waals surface area (Å²) < 4.78 is 17.1. The SMILES string of the molecule is CCn1c(NCc2cn(C)nc2C)nc2cc(F)ccc21. The average Bonchev–Trinajstić information content (AvgIpc) is 2.94. The molecule has 1 N–H and O–H groups in total. The van der Waals surface area contributed by atoms with Crippen molar-refractivity contribution in [3.05, 3.63) is 41.5 Å². The van der Waals surface area contributed by atoms with Gasteiger partial charge in [-0.15, -0.1) is 0 Å². The van der Waals surface area contributed by atoms with Crippen molar-refractivity contribution in [3.8, 4) is 0 Å². The van der Waals surface area contributed by atoms with E-state index in [1.807, 2.05) is 31.7 Å². The second-order valence-electron chi connectivity index (χ2n) is 5.08. The minimum atomic E-state index is -0.266. The standard InChI is InChI=1S/C15H18FN5/c1-4-21-14-6-5-12(16)7-13(14)18-15(21)17-8-11-9-20(3)19-10(11)2/h5-7,9H,4,8H2,1-3H3,(H,17,18). The van der Waals surface area contributed by atoms with Crippen LogP contribution in [-0.2, 0) is 20.1 Å². The van der Waals surface area contributed by atoms with E-state index in [2.05, 4.69) is 15.4 Å². The highest BCUT2D eigenvalue weighted by Crippen LogP contribution is 2.21. The number of halogens is 1. The molecule has 0 fully saturated rings. The van der Waals surface area contributed by atoms with Crippen molar-refractivity contribution >= 4 is 17.0 Å². The monoisotopic (exact) mass is 287 g/mol. The Bertz CT molecular complexity index is 787. The zero-order valence-corrected chi connectivity index (χ0v) is 12.4. The van der Waals surface area contributed by atoms with Gasteiger partial charge in [0.25, 0.3) is 0 Å². The Labute approximate surface area is 122 Å². The molecule has 0 bridgehead atoms. The van der Waals surface area contributed by atoms with E-state index in [1.165, 1.54) is 12.1 Å². The van der Waals surface area contributed by atoms with Gasteiger partial charge < -0.3 is 9.88 Å². The second kappa shape index (κ2) is 5.20. The van der Waals surface area contributed by atoms with Crippen LogP contribution >= 0.6 is 0 Å². The first-order chi connectivity index (χ1) is 10.1. The van der Waals surface area contributed by atoms with Crippen molar-refractivity contribution in [2.45, 2.75) is 26.9 Å². The van der Waals surface area contributed by atoms with Gasteiger partial charge in [0.2, 0.25) is 5.95 Å². The molecule has 2 aromatic heterocycles. The Hall–Kier alpha value is -2.37. The second-order valence-corrected chi connectivity index (χ2v) is 5.08. The highest BCUT2D eigenvalue weighted by Gasteiger charge is 2.11. The van der Waals surface area contributed by atoms with Crippen LogP contribution in [0.1, 0.15) is 18.2 Å². The molecule has 0 saturated carbocycles. The van der Waals surface area contributed by atoms with E-state index in [4.69, 9.17) is 0 Å². The summed E-state index contributed by atoms with van der Waals surface area (Å²) in [4.78, 5) is 4.48. The number of aromatic nitrogens is 4. The number of nitrogens with zero attached hydrogens (tertiary/aromatic N) is 4. The normalized spacial score (nSPS) is 11.2. The van der Waals surface area contributed by atoms with Gasteiger partial charge in [-0.2, -0.15) is 5.10 Å². The van der Waals surface area contributed by atoms with E-state index in [9.17, 15) is 4.39 Å². The molecule has 5 nitrogen and oxygen atoms in total. The summed E-state index contributed by atoms with van der Waals surface area (Å²) in [6, 6.07) is 4.69. The van der Waals surface area contributed by atoms with Crippen molar-refractivity contribution in [3.63, 3.8) is 0 Å². The van der Waals surface area contributed by atoms with Crippen molar-refractivity contribution in [1.29, 1.82) is 0 Å². The molecule has 0 aliphatic carbocycles. The van der Waals surface area contributed by atoms with Crippen molar-refractivity contribution < 1.29 is 4.39 Å². The number of aryl methyl sites for hydroxylation is 3.